The summed E-state index contributed by atoms with van der Waals surface area (Å²) in [4.78, 5) is 15.1. The van der Waals surface area contributed by atoms with Crippen molar-refractivity contribution in [2.24, 2.45) is 0 Å². The molecular formula is C11H12N4O2. The number of aromatic nitrogens is 4. The van der Waals surface area contributed by atoms with Crippen LogP contribution in [0.25, 0.3) is 11.3 Å². The molecule has 17 heavy (non-hydrogen) atoms. The lowest BCUT2D eigenvalue weighted by atomic mass is 10.1. The van der Waals surface area contributed by atoms with Gasteiger partial charge in [0, 0.05) is 24.5 Å². The summed E-state index contributed by atoms with van der Waals surface area (Å²) in [6.07, 6.45) is 4.10. The summed E-state index contributed by atoms with van der Waals surface area (Å²) in [5.41, 5.74) is 1.18. The molecule has 0 fully saturated rings. The maximum absolute atomic E-state index is 11.1. The van der Waals surface area contributed by atoms with Crippen LogP contribution in [0.4, 0.5) is 0 Å². The maximum Gasteiger partial charge on any atom is 0.358 e. The summed E-state index contributed by atoms with van der Waals surface area (Å²) in [5.74, 6) is -1.08. The van der Waals surface area contributed by atoms with Gasteiger partial charge in [0.05, 0.1) is 0 Å². The molecule has 0 amide bonds. The normalized spacial score (nSPS) is 10.4. The molecule has 1 N–H and O–H groups in total. The summed E-state index contributed by atoms with van der Waals surface area (Å²) >= 11 is 0. The molecule has 0 aliphatic heterocycles. The van der Waals surface area contributed by atoms with Gasteiger partial charge in [-0.05, 0) is 18.6 Å². The molecule has 0 unspecified atom stereocenters. The lowest BCUT2D eigenvalue weighted by Gasteiger charge is -2.04. The van der Waals surface area contributed by atoms with E-state index in [2.05, 4.69) is 15.3 Å². The van der Waals surface area contributed by atoms with Gasteiger partial charge in [-0.25, -0.2) is 9.48 Å². The molecule has 0 aliphatic carbocycles. The Morgan fingerprint density at radius 1 is 1.53 bits per heavy atom. The Labute approximate surface area is 97.9 Å². The van der Waals surface area contributed by atoms with Gasteiger partial charge >= 0.3 is 5.97 Å². The standard InChI is InChI=1S/C11H12N4O2/c1-2-6-15-10(8-4-3-5-12-7-8)9(11(16)17)13-14-15/h3-5,7H,2,6H2,1H3,(H,16,17). The van der Waals surface area contributed by atoms with Gasteiger partial charge in [0.25, 0.3) is 0 Å². The molecule has 2 rings (SSSR count). The van der Waals surface area contributed by atoms with Crippen LogP contribution in [0.5, 0.6) is 0 Å². The van der Waals surface area contributed by atoms with Gasteiger partial charge in [-0.15, -0.1) is 5.10 Å². The molecule has 6 nitrogen and oxygen atoms in total. The Hall–Kier alpha value is -2.24. The first kappa shape index (κ1) is 11.3. The first-order valence-corrected chi connectivity index (χ1v) is 5.31. The molecule has 2 aromatic heterocycles. The molecule has 2 heterocycles. The zero-order chi connectivity index (χ0) is 12.3. The average molecular weight is 232 g/mol. The maximum atomic E-state index is 11.1. The van der Waals surface area contributed by atoms with Crippen molar-refractivity contribution in [1.29, 1.82) is 0 Å². The van der Waals surface area contributed by atoms with Crippen molar-refractivity contribution < 1.29 is 9.90 Å². The van der Waals surface area contributed by atoms with E-state index in [1.807, 2.05) is 6.92 Å². The Morgan fingerprint density at radius 3 is 2.94 bits per heavy atom. The molecule has 88 valence electrons. The summed E-state index contributed by atoms with van der Waals surface area (Å²) < 4.78 is 1.60. The van der Waals surface area contributed by atoms with Crippen LogP contribution in [-0.4, -0.2) is 31.1 Å². The highest BCUT2D eigenvalue weighted by Crippen LogP contribution is 2.21. The molecule has 0 atom stereocenters. The highest BCUT2D eigenvalue weighted by Gasteiger charge is 2.19. The third kappa shape index (κ3) is 2.15. The molecule has 0 saturated heterocycles. The molecule has 0 radical (unpaired) electrons. The van der Waals surface area contributed by atoms with E-state index in [1.165, 1.54) is 0 Å². The van der Waals surface area contributed by atoms with E-state index >= 15 is 0 Å². The van der Waals surface area contributed by atoms with Crippen molar-refractivity contribution in [3.63, 3.8) is 0 Å². The smallest absolute Gasteiger partial charge is 0.358 e. The lowest BCUT2D eigenvalue weighted by molar-refractivity contribution is 0.0691. The van der Waals surface area contributed by atoms with E-state index in [-0.39, 0.29) is 5.69 Å². The molecule has 0 aliphatic rings. The third-order valence-electron chi connectivity index (χ3n) is 2.31. The lowest BCUT2D eigenvalue weighted by Crippen LogP contribution is -2.04. The summed E-state index contributed by atoms with van der Waals surface area (Å²) in [6, 6.07) is 3.55. The number of aromatic carboxylic acids is 1. The van der Waals surface area contributed by atoms with Crippen LogP contribution in [0.3, 0.4) is 0 Å². The number of hydrogen-bond acceptors (Lipinski definition) is 4. The summed E-state index contributed by atoms with van der Waals surface area (Å²) in [5, 5.41) is 16.6. The summed E-state index contributed by atoms with van der Waals surface area (Å²) in [7, 11) is 0. The van der Waals surface area contributed by atoms with Gasteiger partial charge < -0.3 is 5.11 Å². The average Bonchev–Trinajstić information content (AvgIpc) is 2.74. The molecule has 0 saturated carbocycles. The number of nitrogens with zero attached hydrogens (tertiary/aromatic N) is 4. The first-order valence-electron chi connectivity index (χ1n) is 5.31. The molecule has 6 heteroatoms. The van der Waals surface area contributed by atoms with Gasteiger partial charge in [0.15, 0.2) is 5.69 Å². The largest absolute Gasteiger partial charge is 0.476 e. The van der Waals surface area contributed by atoms with Gasteiger partial charge in [0.2, 0.25) is 0 Å². The van der Waals surface area contributed by atoms with Crippen molar-refractivity contribution in [3.8, 4) is 11.3 Å². The highest BCUT2D eigenvalue weighted by atomic mass is 16.4. The predicted octanol–water partition coefficient (Wildman–Crippen LogP) is 1.45. The molecule has 2 aromatic rings. The van der Waals surface area contributed by atoms with Gasteiger partial charge in [-0.2, -0.15) is 0 Å². The quantitative estimate of drug-likeness (QED) is 0.862. The number of pyridine rings is 1. The predicted molar refractivity (Wildman–Crippen MR) is 60.5 cm³/mol. The van der Waals surface area contributed by atoms with Crippen molar-refractivity contribution in [1.82, 2.24) is 20.0 Å². The number of aryl methyl sites for hydroxylation is 1. The topological polar surface area (TPSA) is 80.9 Å². The zero-order valence-electron chi connectivity index (χ0n) is 9.37. The molecule has 0 bridgehead atoms. The number of hydrogen-bond donors (Lipinski definition) is 1. The minimum atomic E-state index is -1.08. The number of carboxylic acid groups (broad SMARTS) is 1. The minimum Gasteiger partial charge on any atom is -0.476 e. The fourth-order valence-electron chi connectivity index (χ4n) is 1.61. The SMILES string of the molecule is CCCn1nnc(C(=O)O)c1-c1cccnc1. The van der Waals surface area contributed by atoms with Gasteiger partial charge in [-0.1, -0.05) is 12.1 Å². The molecular weight excluding hydrogens is 220 g/mol. The van der Waals surface area contributed by atoms with E-state index in [1.54, 1.807) is 29.2 Å². The zero-order valence-corrected chi connectivity index (χ0v) is 9.37. The second-order valence-electron chi connectivity index (χ2n) is 3.56. The molecule has 0 aromatic carbocycles. The second-order valence-corrected chi connectivity index (χ2v) is 3.56. The van der Waals surface area contributed by atoms with Crippen molar-refractivity contribution in [2.45, 2.75) is 19.9 Å². The highest BCUT2D eigenvalue weighted by molar-refractivity contribution is 5.92. The number of rotatable bonds is 4. The number of carboxylic acids is 1. The number of carbonyl (C=O) groups is 1. The van der Waals surface area contributed by atoms with E-state index in [0.29, 0.717) is 17.8 Å². The second kappa shape index (κ2) is 4.73. The van der Waals surface area contributed by atoms with Gasteiger partial charge in [-0.3, -0.25) is 4.98 Å². The van der Waals surface area contributed by atoms with Crippen LogP contribution in [0.2, 0.25) is 0 Å². The van der Waals surface area contributed by atoms with Crippen LogP contribution in [-0.2, 0) is 6.54 Å². The monoisotopic (exact) mass is 232 g/mol. The summed E-state index contributed by atoms with van der Waals surface area (Å²) in [6.45, 7) is 2.62. The van der Waals surface area contributed by atoms with Crippen LogP contribution in [0, 0.1) is 0 Å². The van der Waals surface area contributed by atoms with Crippen LogP contribution in [0.1, 0.15) is 23.8 Å². The van der Waals surface area contributed by atoms with E-state index < -0.39 is 5.97 Å². The van der Waals surface area contributed by atoms with Crippen molar-refractivity contribution in [2.75, 3.05) is 0 Å². The van der Waals surface area contributed by atoms with Crippen LogP contribution in [0.15, 0.2) is 24.5 Å². The van der Waals surface area contributed by atoms with Gasteiger partial charge in [0.1, 0.15) is 5.69 Å². The van der Waals surface area contributed by atoms with Crippen LogP contribution < -0.4 is 0 Å². The fraction of sp³-hybridized carbons (Fsp3) is 0.273. The molecule has 0 spiro atoms. The third-order valence-corrected chi connectivity index (χ3v) is 2.31. The van der Waals surface area contributed by atoms with E-state index in [4.69, 9.17) is 5.11 Å². The Kier molecular flexibility index (Phi) is 3.13. The first-order chi connectivity index (χ1) is 8.24. The van der Waals surface area contributed by atoms with E-state index in [0.717, 1.165) is 6.42 Å². The minimum absolute atomic E-state index is 0.0357. The fourth-order valence-corrected chi connectivity index (χ4v) is 1.61. The Bertz CT molecular complexity index is 522. The van der Waals surface area contributed by atoms with Crippen LogP contribution >= 0.6 is 0 Å². The van der Waals surface area contributed by atoms with E-state index in [9.17, 15) is 4.79 Å². The Morgan fingerprint density at radius 2 is 2.35 bits per heavy atom. The van der Waals surface area contributed by atoms with Crippen molar-refractivity contribution in [3.05, 3.63) is 30.2 Å². The Balaban J connectivity index is 2.56. The van der Waals surface area contributed by atoms with Crippen molar-refractivity contribution >= 4 is 5.97 Å².